The maximum Gasteiger partial charge on any atom is 0.0620 e. The summed E-state index contributed by atoms with van der Waals surface area (Å²) in [5, 5.41) is 10.3. The van der Waals surface area contributed by atoms with Crippen molar-refractivity contribution < 1.29 is 0 Å². The highest BCUT2D eigenvalue weighted by Gasteiger charge is 2.20. The predicted molar refractivity (Wildman–Crippen MR) is 214 cm³/mol. The zero-order valence-electron chi connectivity index (χ0n) is 28.1. The first-order valence-corrected chi connectivity index (χ1v) is 17.4. The van der Waals surface area contributed by atoms with Gasteiger partial charge < -0.3 is 9.47 Å². The van der Waals surface area contributed by atoms with Gasteiger partial charge in [0.25, 0.3) is 0 Å². The lowest BCUT2D eigenvalue weighted by atomic mass is 9.89. The summed E-state index contributed by atoms with van der Waals surface area (Å²) < 4.78 is 2.45. The van der Waals surface area contributed by atoms with E-state index >= 15 is 0 Å². The van der Waals surface area contributed by atoms with Crippen molar-refractivity contribution in [2.75, 3.05) is 4.90 Å². The third-order valence-electron chi connectivity index (χ3n) is 10.6. The van der Waals surface area contributed by atoms with Crippen LogP contribution in [0.3, 0.4) is 0 Å². The smallest absolute Gasteiger partial charge is 0.0620 e. The zero-order valence-corrected chi connectivity index (χ0v) is 28.1. The Hall–Kier alpha value is -6.38. The maximum atomic E-state index is 2.45. The molecule has 0 saturated heterocycles. The van der Waals surface area contributed by atoms with Crippen molar-refractivity contribution in [1.82, 2.24) is 4.57 Å². The van der Waals surface area contributed by atoms with E-state index in [0.29, 0.717) is 0 Å². The molecule has 0 bridgehead atoms. The highest BCUT2D eigenvalue weighted by Crippen LogP contribution is 2.45. The molecule has 2 nitrogen and oxygen atoms in total. The Bertz CT molecular complexity index is 2830. The molecule has 0 N–H and O–H groups in total. The largest absolute Gasteiger partial charge is 0.310 e. The average molecular weight is 639 g/mol. The second kappa shape index (κ2) is 11.1. The fourth-order valence-electron chi connectivity index (χ4n) is 8.25. The van der Waals surface area contributed by atoms with E-state index in [4.69, 9.17) is 0 Å². The van der Waals surface area contributed by atoms with Crippen LogP contribution in [0.5, 0.6) is 0 Å². The number of anilines is 3. The van der Waals surface area contributed by atoms with Gasteiger partial charge in [-0.1, -0.05) is 121 Å². The van der Waals surface area contributed by atoms with Crippen LogP contribution in [0.25, 0.3) is 70.9 Å². The summed E-state index contributed by atoms with van der Waals surface area (Å²) >= 11 is 0. The highest BCUT2D eigenvalue weighted by atomic mass is 15.1. The van der Waals surface area contributed by atoms with Gasteiger partial charge in [0.2, 0.25) is 0 Å². The topological polar surface area (TPSA) is 8.17 Å². The Labute approximate surface area is 291 Å². The van der Waals surface area contributed by atoms with Gasteiger partial charge in [0, 0.05) is 38.9 Å². The maximum absolute atomic E-state index is 2.45. The lowest BCUT2D eigenvalue weighted by molar-refractivity contribution is 1.19. The van der Waals surface area contributed by atoms with E-state index in [-0.39, 0.29) is 0 Å². The molecule has 10 rings (SSSR count). The molecule has 1 heterocycles. The number of rotatable bonds is 5. The van der Waals surface area contributed by atoms with Gasteiger partial charge in [-0.05, 0) is 112 Å². The number of nitrogens with zero attached hydrogens (tertiary/aromatic N) is 2. The second-order valence-corrected chi connectivity index (χ2v) is 13.5. The minimum Gasteiger partial charge on any atom is -0.310 e. The number of aryl methyl sites for hydroxylation is 2. The molecule has 0 radical (unpaired) electrons. The number of fused-ring (bicyclic) bond motifs is 4. The van der Waals surface area contributed by atoms with Crippen molar-refractivity contribution in [3.63, 3.8) is 0 Å². The van der Waals surface area contributed by atoms with E-state index in [1.807, 2.05) is 0 Å². The molecule has 2 heteroatoms. The summed E-state index contributed by atoms with van der Waals surface area (Å²) in [7, 11) is 0. The van der Waals surface area contributed by atoms with E-state index < -0.39 is 0 Å². The summed E-state index contributed by atoms with van der Waals surface area (Å²) in [6.45, 7) is 4.37. The van der Waals surface area contributed by atoms with Crippen LogP contribution in [0, 0.1) is 13.8 Å². The minimum atomic E-state index is 1.14. The molecule has 50 heavy (non-hydrogen) atoms. The minimum absolute atomic E-state index is 1.14. The van der Waals surface area contributed by atoms with Crippen molar-refractivity contribution in [3.8, 4) is 16.8 Å². The molecule has 0 amide bonds. The Balaban J connectivity index is 1.18. The summed E-state index contributed by atoms with van der Waals surface area (Å²) in [4.78, 5) is 2.38. The Morgan fingerprint density at radius 2 is 1.04 bits per heavy atom. The van der Waals surface area contributed by atoms with E-state index in [1.54, 1.807) is 0 Å². The summed E-state index contributed by atoms with van der Waals surface area (Å²) in [6, 6.07) is 62.3. The van der Waals surface area contributed by atoms with Gasteiger partial charge in [0.05, 0.1) is 11.0 Å². The van der Waals surface area contributed by atoms with Gasteiger partial charge in [-0.25, -0.2) is 0 Å². The van der Waals surface area contributed by atoms with Crippen molar-refractivity contribution in [2.45, 2.75) is 13.8 Å². The van der Waals surface area contributed by atoms with Crippen LogP contribution in [0.1, 0.15) is 11.1 Å². The standard InChI is InChI=1S/C48H34N2/c1-31-12-6-9-17-43(31)49(44-18-10-7-13-32(44)2)37-25-22-33(23-26-37)38-27-24-34-20-21-35-30-42-39-16-8-11-19-45(39)50(36-14-4-3-5-15-36)48(42)41-29-28-40(38)46(34)47(35)41/h3-30H,1-2H3. The molecule has 0 aliphatic heterocycles. The molecule has 0 aliphatic carbocycles. The SMILES string of the molecule is Cc1ccccc1N(c1ccc(-c2ccc3ccc4cc5c6ccccc6n(-c6ccccc6)c5c5ccc2c3c45)cc1)c1ccccc1C. The van der Waals surface area contributed by atoms with E-state index in [2.05, 4.69) is 193 Å². The van der Waals surface area contributed by atoms with Crippen LogP contribution in [-0.2, 0) is 0 Å². The van der Waals surface area contributed by atoms with Crippen molar-refractivity contribution in [3.05, 3.63) is 181 Å². The molecule has 0 aliphatic rings. The van der Waals surface area contributed by atoms with Gasteiger partial charge in [-0.15, -0.1) is 0 Å². The fourth-order valence-corrected chi connectivity index (χ4v) is 8.25. The van der Waals surface area contributed by atoms with Gasteiger partial charge >= 0.3 is 0 Å². The van der Waals surface area contributed by atoms with Crippen LogP contribution in [0.15, 0.2) is 170 Å². The lowest BCUT2D eigenvalue weighted by Crippen LogP contribution is -2.12. The molecule has 1 aromatic heterocycles. The fraction of sp³-hybridized carbons (Fsp3) is 0.0417. The second-order valence-electron chi connectivity index (χ2n) is 13.5. The number of aromatic nitrogens is 1. The van der Waals surface area contributed by atoms with Crippen molar-refractivity contribution in [1.29, 1.82) is 0 Å². The molecule has 0 saturated carbocycles. The van der Waals surface area contributed by atoms with Gasteiger partial charge in [0.15, 0.2) is 0 Å². The average Bonchev–Trinajstić information content (AvgIpc) is 3.50. The molecule has 236 valence electrons. The van der Waals surface area contributed by atoms with Crippen LogP contribution in [0.2, 0.25) is 0 Å². The monoisotopic (exact) mass is 638 g/mol. The van der Waals surface area contributed by atoms with E-state index in [0.717, 1.165) is 5.69 Å². The normalized spacial score (nSPS) is 11.8. The first-order chi connectivity index (χ1) is 24.7. The third-order valence-corrected chi connectivity index (χ3v) is 10.6. The Morgan fingerprint density at radius 1 is 0.440 bits per heavy atom. The zero-order chi connectivity index (χ0) is 33.3. The predicted octanol–water partition coefficient (Wildman–Crippen LogP) is 13.4. The Morgan fingerprint density at radius 3 is 1.78 bits per heavy atom. The van der Waals surface area contributed by atoms with Gasteiger partial charge in [-0.2, -0.15) is 0 Å². The quantitative estimate of drug-likeness (QED) is 0.170. The van der Waals surface area contributed by atoms with Crippen molar-refractivity contribution in [2.24, 2.45) is 0 Å². The van der Waals surface area contributed by atoms with Crippen LogP contribution in [0.4, 0.5) is 17.1 Å². The number of benzene rings is 9. The molecule has 0 spiro atoms. The Kier molecular flexibility index (Phi) is 6.34. The highest BCUT2D eigenvalue weighted by molar-refractivity contribution is 6.32. The third kappa shape index (κ3) is 4.22. The number of hydrogen-bond donors (Lipinski definition) is 0. The van der Waals surface area contributed by atoms with Crippen LogP contribution in [-0.4, -0.2) is 4.57 Å². The van der Waals surface area contributed by atoms with Crippen LogP contribution >= 0.6 is 0 Å². The van der Waals surface area contributed by atoms with Crippen molar-refractivity contribution >= 4 is 71.2 Å². The first kappa shape index (κ1) is 28.6. The molecule has 0 atom stereocenters. The molecular formula is C48H34N2. The molecule has 0 fully saturated rings. The number of para-hydroxylation sites is 4. The van der Waals surface area contributed by atoms with Gasteiger partial charge in [-0.3, -0.25) is 0 Å². The summed E-state index contributed by atoms with van der Waals surface area (Å²) in [5.41, 5.74) is 12.2. The van der Waals surface area contributed by atoms with Crippen LogP contribution < -0.4 is 4.90 Å². The molecular weight excluding hydrogens is 605 g/mol. The van der Waals surface area contributed by atoms with E-state index in [1.165, 1.54) is 93.4 Å². The lowest BCUT2D eigenvalue weighted by Gasteiger charge is -2.28. The summed E-state index contributed by atoms with van der Waals surface area (Å²) in [6.07, 6.45) is 0. The summed E-state index contributed by atoms with van der Waals surface area (Å²) in [5.74, 6) is 0. The van der Waals surface area contributed by atoms with E-state index in [9.17, 15) is 0 Å². The van der Waals surface area contributed by atoms with Gasteiger partial charge in [0.1, 0.15) is 0 Å². The molecule has 0 unspecified atom stereocenters. The molecule has 9 aromatic carbocycles. The first-order valence-electron chi connectivity index (χ1n) is 17.4. The number of hydrogen-bond acceptors (Lipinski definition) is 1. The molecule has 10 aromatic rings.